The molecular formula is C11H11ClO3. The first-order valence-electron chi connectivity index (χ1n) is 4.50. The highest BCUT2D eigenvalue weighted by Gasteiger charge is 2.20. The summed E-state index contributed by atoms with van der Waals surface area (Å²) in [4.78, 5) is 22.0. The van der Waals surface area contributed by atoms with Gasteiger partial charge in [-0.15, -0.1) is 0 Å². The number of rotatable bonds is 3. The summed E-state index contributed by atoms with van der Waals surface area (Å²) in [6.45, 7) is 3.78. The zero-order valence-electron chi connectivity index (χ0n) is 8.45. The number of aliphatic carboxylic acids is 1. The fourth-order valence-electron chi connectivity index (χ4n) is 1.34. The second kappa shape index (κ2) is 4.45. The summed E-state index contributed by atoms with van der Waals surface area (Å²) in [6.07, 6.45) is 0. The van der Waals surface area contributed by atoms with Gasteiger partial charge in [0.05, 0.1) is 0 Å². The Morgan fingerprint density at radius 3 is 2.40 bits per heavy atom. The Morgan fingerprint density at radius 2 is 1.93 bits per heavy atom. The molecule has 0 saturated heterocycles. The van der Waals surface area contributed by atoms with Crippen LogP contribution in [0.1, 0.15) is 35.7 Å². The maximum atomic E-state index is 11.4. The van der Waals surface area contributed by atoms with Crippen molar-refractivity contribution >= 4 is 23.4 Å². The molecule has 0 aliphatic carbocycles. The molecule has 1 aromatic rings. The van der Waals surface area contributed by atoms with Crippen molar-refractivity contribution in [2.75, 3.05) is 0 Å². The lowest BCUT2D eigenvalue weighted by Crippen LogP contribution is -2.15. The molecule has 15 heavy (non-hydrogen) atoms. The molecule has 0 spiro atoms. The van der Waals surface area contributed by atoms with E-state index in [1.54, 1.807) is 12.1 Å². The van der Waals surface area contributed by atoms with Crippen LogP contribution in [0.5, 0.6) is 0 Å². The van der Waals surface area contributed by atoms with Crippen molar-refractivity contribution in [3.05, 3.63) is 34.3 Å². The van der Waals surface area contributed by atoms with Gasteiger partial charge in [0.15, 0.2) is 0 Å². The SMILES string of the molecule is CC(C)c1ccc(Cl)cc1C(=O)C(=O)O. The summed E-state index contributed by atoms with van der Waals surface area (Å²) in [7, 11) is 0. The fourth-order valence-corrected chi connectivity index (χ4v) is 1.52. The average Bonchev–Trinajstić information content (AvgIpc) is 2.15. The Kier molecular flexibility index (Phi) is 3.48. The molecule has 0 atom stereocenters. The topological polar surface area (TPSA) is 54.4 Å². The number of Topliss-reactive ketones (excluding diaryl/α,β-unsaturated/α-hetero) is 1. The van der Waals surface area contributed by atoms with Crippen LogP contribution >= 0.6 is 11.6 Å². The van der Waals surface area contributed by atoms with E-state index in [2.05, 4.69) is 0 Å². The Balaban J connectivity index is 3.30. The van der Waals surface area contributed by atoms with Gasteiger partial charge >= 0.3 is 5.97 Å². The van der Waals surface area contributed by atoms with E-state index in [0.29, 0.717) is 10.6 Å². The molecule has 3 nitrogen and oxygen atoms in total. The number of carbonyl (C=O) groups excluding carboxylic acids is 1. The molecule has 0 aliphatic heterocycles. The van der Waals surface area contributed by atoms with E-state index in [-0.39, 0.29) is 11.5 Å². The molecule has 0 fully saturated rings. The number of carboxylic acids is 1. The quantitative estimate of drug-likeness (QED) is 0.637. The van der Waals surface area contributed by atoms with Gasteiger partial charge in [-0.2, -0.15) is 0 Å². The zero-order chi connectivity index (χ0) is 11.6. The smallest absolute Gasteiger partial charge is 0.377 e. The van der Waals surface area contributed by atoms with Crippen molar-refractivity contribution < 1.29 is 14.7 Å². The minimum absolute atomic E-state index is 0.0839. The molecule has 0 bridgehead atoms. The van der Waals surface area contributed by atoms with E-state index in [1.165, 1.54) is 6.07 Å². The van der Waals surface area contributed by atoms with E-state index in [9.17, 15) is 9.59 Å². The van der Waals surface area contributed by atoms with Gasteiger partial charge in [-0.1, -0.05) is 31.5 Å². The number of hydrogen-bond donors (Lipinski definition) is 1. The summed E-state index contributed by atoms with van der Waals surface area (Å²) < 4.78 is 0. The average molecular weight is 227 g/mol. The normalized spacial score (nSPS) is 10.4. The lowest BCUT2D eigenvalue weighted by Gasteiger charge is -2.10. The summed E-state index contributed by atoms with van der Waals surface area (Å²) in [6, 6.07) is 4.73. The Hall–Kier alpha value is -1.35. The second-order valence-corrected chi connectivity index (χ2v) is 3.96. The molecule has 0 aliphatic rings. The van der Waals surface area contributed by atoms with Gasteiger partial charge in [0.2, 0.25) is 0 Å². The van der Waals surface area contributed by atoms with Crippen LogP contribution in [-0.2, 0) is 4.79 Å². The molecule has 0 heterocycles. The maximum Gasteiger partial charge on any atom is 0.377 e. The minimum atomic E-state index is -1.46. The fraction of sp³-hybridized carbons (Fsp3) is 0.273. The molecule has 80 valence electrons. The molecule has 0 amide bonds. The highest BCUT2D eigenvalue weighted by molar-refractivity contribution is 6.41. The first kappa shape index (κ1) is 11.7. The van der Waals surface area contributed by atoms with Crippen LogP contribution in [0.15, 0.2) is 18.2 Å². The summed E-state index contributed by atoms with van der Waals surface area (Å²) in [5.41, 5.74) is 0.872. The summed E-state index contributed by atoms with van der Waals surface area (Å²) in [5.74, 6) is -2.29. The number of ketones is 1. The molecule has 1 aromatic carbocycles. The van der Waals surface area contributed by atoms with Crippen LogP contribution in [0.2, 0.25) is 5.02 Å². The van der Waals surface area contributed by atoms with Crippen molar-refractivity contribution in [2.24, 2.45) is 0 Å². The summed E-state index contributed by atoms with van der Waals surface area (Å²) >= 11 is 5.73. The largest absolute Gasteiger partial charge is 0.475 e. The maximum absolute atomic E-state index is 11.4. The van der Waals surface area contributed by atoms with Crippen molar-refractivity contribution in [2.45, 2.75) is 19.8 Å². The van der Waals surface area contributed by atoms with Crippen molar-refractivity contribution in [3.8, 4) is 0 Å². The number of carboxylic acid groups (broad SMARTS) is 1. The van der Waals surface area contributed by atoms with Crippen LogP contribution in [0.25, 0.3) is 0 Å². The Bertz CT molecular complexity index is 410. The number of hydrogen-bond acceptors (Lipinski definition) is 2. The molecule has 4 heteroatoms. The van der Waals surface area contributed by atoms with Gasteiger partial charge in [0.25, 0.3) is 5.78 Å². The van der Waals surface area contributed by atoms with E-state index in [4.69, 9.17) is 16.7 Å². The van der Waals surface area contributed by atoms with Gasteiger partial charge in [0.1, 0.15) is 0 Å². The lowest BCUT2D eigenvalue weighted by molar-refractivity contribution is -0.131. The Morgan fingerprint density at radius 1 is 1.33 bits per heavy atom. The van der Waals surface area contributed by atoms with Gasteiger partial charge in [-0.25, -0.2) is 4.79 Å². The number of halogens is 1. The third-order valence-electron chi connectivity index (χ3n) is 2.08. The van der Waals surface area contributed by atoms with Crippen LogP contribution in [0.4, 0.5) is 0 Å². The van der Waals surface area contributed by atoms with Crippen LogP contribution in [-0.4, -0.2) is 16.9 Å². The third kappa shape index (κ3) is 2.57. The molecule has 0 unspecified atom stereocenters. The number of benzene rings is 1. The van der Waals surface area contributed by atoms with Gasteiger partial charge < -0.3 is 5.11 Å². The predicted molar refractivity (Wildman–Crippen MR) is 57.5 cm³/mol. The summed E-state index contributed by atoms with van der Waals surface area (Å²) in [5, 5.41) is 9.00. The third-order valence-corrected chi connectivity index (χ3v) is 2.31. The molecule has 0 saturated carbocycles. The van der Waals surface area contributed by atoms with Crippen molar-refractivity contribution in [3.63, 3.8) is 0 Å². The van der Waals surface area contributed by atoms with E-state index in [0.717, 1.165) is 0 Å². The molecule has 0 radical (unpaired) electrons. The van der Waals surface area contributed by atoms with Crippen molar-refractivity contribution in [1.29, 1.82) is 0 Å². The standard InChI is InChI=1S/C11H11ClO3/c1-6(2)8-4-3-7(12)5-9(8)10(13)11(14)15/h3-6H,1-2H3,(H,14,15). The van der Waals surface area contributed by atoms with Crippen LogP contribution < -0.4 is 0 Å². The van der Waals surface area contributed by atoms with Gasteiger partial charge in [0, 0.05) is 10.6 Å². The second-order valence-electron chi connectivity index (χ2n) is 3.52. The first-order chi connectivity index (χ1) is 6.93. The Labute approximate surface area is 92.7 Å². The van der Waals surface area contributed by atoms with E-state index < -0.39 is 11.8 Å². The highest BCUT2D eigenvalue weighted by Crippen LogP contribution is 2.23. The lowest BCUT2D eigenvalue weighted by atomic mass is 9.95. The van der Waals surface area contributed by atoms with Crippen LogP contribution in [0, 0.1) is 0 Å². The predicted octanol–water partition coefficient (Wildman–Crippen LogP) is 2.73. The zero-order valence-corrected chi connectivity index (χ0v) is 9.21. The monoisotopic (exact) mass is 226 g/mol. The van der Waals surface area contributed by atoms with E-state index >= 15 is 0 Å². The van der Waals surface area contributed by atoms with E-state index in [1.807, 2.05) is 13.8 Å². The first-order valence-corrected chi connectivity index (χ1v) is 4.88. The molecule has 0 aromatic heterocycles. The molecule has 1 N–H and O–H groups in total. The van der Waals surface area contributed by atoms with Crippen LogP contribution in [0.3, 0.4) is 0 Å². The van der Waals surface area contributed by atoms with Gasteiger partial charge in [-0.3, -0.25) is 4.79 Å². The molecule has 1 rings (SSSR count). The van der Waals surface area contributed by atoms with Gasteiger partial charge in [-0.05, 0) is 23.6 Å². The molecular weight excluding hydrogens is 216 g/mol. The highest BCUT2D eigenvalue weighted by atomic mass is 35.5. The van der Waals surface area contributed by atoms with Crippen molar-refractivity contribution in [1.82, 2.24) is 0 Å². The minimum Gasteiger partial charge on any atom is -0.475 e. The number of carbonyl (C=O) groups is 2.